The van der Waals surface area contributed by atoms with E-state index in [0.717, 1.165) is 0 Å². The van der Waals surface area contributed by atoms with Crippen LogP contribution in [0.2, 0.25) is 0 Å². The maximum Gasteiger partial charge on any atom is 0.0622 e. The molecule has 0 spiro atoms. The molecule has 44 valence electrons. The summed E-state index contributed by atoms with van der Waals surface area (Å²) < 4.78 is 0. The van der Waals surface area contributed by atoms with Crippen molar-refractivity contribution in [3.63, 3.8) is 0 Å². The second kappa shape index (κ2) is 4.67. The SMILES string of the molecule is C=CC(Cl)CCC#N. The van der Waals surface area contributed by atoms with Gasteiger partial charge in [-0.05, 0) is 6.42 Å². The van der Waals surface area contributed by atoms with Crippen molar-refractivity contribution in [1.82, 2.24) is 0 Å². The van der Waals surface area contributed by atoms with Gasteiger partial charge < -0.3 is 0 Å². The smallest absolute Gasteiger partial charge is 0.0622 e. The van der Waals surface area contributed by atoms with Gasteiger partial charge in [-0.15, -0.1) is 18.2 Å². The average molecular weight is 130 g/mol. The zero-order chi connectivity index (χ0) is 6.41. The van der Waals surface area contributed by atoms with Crippen LogP contribution in [0.4, 0.5) is 0 Å². The van der Waals surface area contributed by atoms with Crippen LogP contribution < -0.4 is 0 Å². The first-order valence-corrected chi connectivity index (χ1v) is 2.88. The van der Waals surface area contributed by atoms with E-state index in [9.17, 15) is 0 Å². The zero-order valence-electron chi connectivity index (χ0n) is 4.60. The van der Waals surface area contributed by atoms with Crippen LogP contribution in [0.15, 0.2) is 12.7 Å². The van der Waals surface area contributed by atoms with Crippen molar-refractivity contribution >= 4 is 11.6 Å². The zero-order valence-corrected chi connectivity index (χ0v) is 5.36. The lowest BCUT2D eigenvalue weighted by atomic mass is 10.2. The lowest BCUT2D eigenvalue weighted by Gasteiger charge is -1.94. The van der Waals surface area contributed by atoms with E-state index in [1.165, 1.54) is 0 Å². The number of allylic oxidation sites excluding steroid dienone is 1. The Labute approximate surface area is 54.6 Å². The van der Waals surface area contributed by atoms with Gasteiger partial charge in [0.05, 0.1) is 11.4 Å². The summed E-state index contributed by atoms with van der Waals surface area (Å²) in [6, 6.07) is 2.00. The average Bonchev–Trinajstić information content (AvgIpc) is 1.83. The standard InChI is InChI=1S/C6H8ClN/c1-2-6(7)4-3-5-8/h2,6H,1,3-4H2. The van der Waals surface area contributed by atoms with Crippen molar-refractivity contribution in [2.24, 2.45) is 0 Å². The first-order valence-electron chi connectivity index (χ1n) is 2.45. The molecule has 0 aromatic carbocycles. The maximum atomic E-state index is 8.07. The maximum absolute atomic E-state index is 8.07. The number of hydrogen-bond acceptors (Lipinski definition) is 1. The highest BCUT2D eigenvalue weighted by atomic mass is 35.5. The molecule has 0 bridgehead atoms. The first-order chi connectivity index (χ1) is 3.81. The van der Waals surface area contributed by atoms with Gasteiger partial charge in [0.1, 0.15) is 0 Å². The van der Waals surface area contributed by atoms with Gasteiger partial charge in [0.25, 0.3) is 0 Å². The summed E-state index contributed by atoms with van der Waals surface area (Å²) in [6.45, 7) is 3.47. The van der Waals surface area contributed by atoms with E-state index in [-0.39, 0.29) is 5.38 Å². The van der Waals surface area contributed by atoms with Gasteiger partial charge in [0, 0.05) is 6.42 Å². The summed E-state index contributed by atoms with van der Waals surface area (Å²) in [6.07, 6.45) is 2.86. The number of rotatable bonds is 3. The third kappa shape index (κ3) is 3.70. The van der Waals surface area contributed by atoms with Crippen LogP contribution in [0.25, 0.3) is 0 Å². The summed E-state index contributed by atoms with van der Waals surface area (Å²) in [5.41, 5.74) is 0. The van der Waals surface area contributed by atoms with Gasteiger partial charge in [0.2, 0.25) is 0 Å². The van der Waals surface area contributed by atoms with E-state index in [4.69, 9.17) is 16.9 Å². The molecule has 0 aliphatic carbocycles. The summed E-state index contributed by atoms with van der Waals surface area (Å²) in [4.78, 5) is 0. The van der Waals surface area contributed by atoms with Crippen molar-refractivity contribution in [2.45, 2.75) is 18.2 Å². The molecule has 0 saturated heterocycles. The Morgan fingerprint density at radius 3 is 2.88 bits per heavy atom. The van der Waals surface area contributed by atoms with Gasteiger partial charge >= 0.3 is 0 Å². The van der Waals surface area contributed by atoms with Crippen LogP contribution in [-0.4, -0.2) is 5.38 Å². The third-order valence-electron chi connectivity index (χ3n) is 0.788. The minimum Gasteiger partial charge on any atom is -0.198 e. The normalized spacial score (nSPS) is 12.0. The molecule has 0 rings (SSSR count). The predicted molar refractivity (Wildman–Crippen MR) is 34.7 cm³/mol. The molecular formula is C6H8ClN. The molecule has 0 aromatic rings. The predicted octanol–water partition coefficient (Wildman–Crippen LogP) is 2.08. The van der Waals surface area contributed by atoms with Crippen LogP contribution >= 0.6 is 11.6 Å². The van der Waals surface area contributed by atoms with Crippen LogP contribution in [-0.2, 0) is 0 Å². The highest BCUT2D eigenvalue weighted by molar-refractivity contribution is 6.21. The van der Waals surface area contributed by atoms with E-state index in [1.54, 1.807) is 6.08 Å². The van der Waals surface area contributed by atoms with E-state index in [1.807, 2.05) is 6.07 Å². The Balaban J connectivity index is 3.13. The molecule has 1 unspecified atom stereocenters. The Morgan fingerprint density at radius 2 is 2.50 bits per heavy atom. The molecule has 0 fully saturated rings. The minimum absolute atomic E-state index is 0.0327. The molecule has 8 heavy (non-hydrogen) atoms. The van der Waals surface area contributed by atoms with Gasteiger partial charge in [-0.2, -0.15) is 5.26 Å². The molecule has 0 amide bonds. The molecule has 0 N–H and O–H groups in total. The highest BCUT2D eigenvalue weighted by Gasteiger charge is 1.94. The van der Waals surface area contributed by atoms with Crippen LogP contribution in [0.1, 0.15) is 12.8 Å². The van der Waals surface area contributed by atoms with E-state index < -0.39 is 0 Å². The topological polar surface area (TPSA) is 23.8 Å². The molecule has 0 aromatic heterocycles. The number of alkyl halides is 1. The molecule has 1 nitrogen and oxygen atoms in total. The third-order valence-corrected chi connectivity index (χ3v) is 1.18. The van der Waals surface area contributed by atoms with Crippen molar-refractivity contribution in [3.05, 3.63) is 12.7 Å². The van der Waals surface area contributed by atoms with Crippen LogP contribution in [0.5, 0.6) is 0 Å². The fraction of sp³-hybridized carbons (Fsp3) is 0.500. The van der Waals surface area contributed by atoms with E-state index in [2.05, 4.69) is 6.58 Å². The van der Waals surface area contributed by atoms with E-state index >= 15 is 0 Å². The summed E-state index contributed by atoms with van der Waals surface area (Å²) in [7, 11) is 0. The number of nitriles is 1. The second-order valence-corrected chi connectivity index (χ2v) is 2.01. The molecule has 0 radical (unpaired) electrons. The monoisotopic (exact) mass is 129 g/mol. The van der Waals surface area contributed by atoms with Crippen LogP contribution in [0.3, 0.4) is 0 Å². The number of hydrogen-bond donors (Lipinski definition) is 0. The molecular weight excluding hydrogens is 122 g/mol. The van der Waals surface area contributed by atoms with Gasteiger partial charge in [-0.25, -0.2) is 0 Å². The molecule has 2 heteroatoms. The minimum atomic E-state index is -0.0327. The lowest BCUT2D eigenvalue weighted by Crippen LogP contribution is -1.89. The fourth-order valence-corrected chi connectivity index (χ4v) is 0.429. The molecule has 0 aliphatic rings. The lowest BCUT2D eigenvalue weighted by molar-refractivity contribution is 0.885. The molecule has 0 heterocycles. The Morgan fingerprint density at radius 1 is 1.88 bits per heavy atom. The highest BCUT2D eigenvalue weighted by Crippen LogP contribution is 2.04. The second-order valence-electron chi connectivity index (χ2n) is 1.45. The summed E-state index contributed by atoms with van der Waals surface area (Å²) in [5.74, 6) is 0. The quantitative estimate of drug-likeness (QED) is 0.423. The molecule has 1 atom stereocenters. The van der Waals surface area contributed by atoms with Crippen molar-refractivity contribution in [2.75, 3.05) is 0 Å². The Hall–Kier alpha value is -0.480. The van der Waals surface area contributed by atoms with Crippen molar-refractivity contribution in [1.29, 1.82) is 5.26 Å². The fourth-order valence-electron chi connectivity index (χ4n) is 0.320. The molecule has 0 aliphatic heterocycles. The van der Waals surface area contributed by atoms with Crippen molar-refractivity contribution in [3.8, 4) is 6.07 Å². The van der Waals surface area contributed by atoms with Gasteiger partial charge in [-0.3, -0.25) is 0 Å². The largest absolute Gasteiger partial charge is 0.198 e. The van der Waals surface area contributed by atoms with Gasteiger partial charge in [0.15, 0.2) is 0 Å². The number of halogens is 1. The molecule has 0 saturated carbocycles. The van der Waals surface area contributed by atoms with E-state index in [0.29, 0.717) is 12.8 Å². The number of nitrogens with zero attached hydrogens (tertiary/aromatic N) is 1. The Kier molecular flexibility index (Phi) is 4.39. The summed E-state index contributed by atoms with van der Waals surface area (Å²) >= 11 is 5.57. The van der Waals surface area contributed by atoms with Gasteiger partial charge in [-0.1, -0.05) is 6.08 Å². The van der Waals surface area contributed by atoms with Crippen LogP contribution in [0, 0.1) is 11.3 Å². The Bertz CT molecular complexity index is 104. The first kappa shape index (κ1) is 7.52. The van der Waals surface area contributed by atoms with Crippen molar-refractivity contribution < 1.29 is 0 Å². The summed E-state index contributed by atoms with van der Waals surface area (Å²) in [5, 5.41) is 8.03.